The number of nitrogens with zero attached hydrogens (tertiary/aromatic N) is 1. The molecule has 1 unspecified atom stereocenters. The van der Waals surface area contributed by atoms with E-state index in [0.29, 0.717) is 11.4 Å². The molecule has 0 saturated heterocycles. The van der Waals surface area contributed by atoms with Gasteiger partial charge in [0.15, 0.2) is 6.10 Å². The lowest BCUT2D eigenvalue weighted by molar-refractivity contribution is -0.143. The van der Waals surface area contributed by atoms with Crippen molar-refractivity contribution in [1.82, 2.24) is 10.6 Å². The van der Waals surface area contributed by atoms with Crippen molar-refractivity contribution in [3.05, 3.63) is 35.5 Å². The van der Waals surface area contributed by atoms with Crippen molar-refractivity contribution in [2.75, 3.05) is 31.2 Å². The number of hydrogen-bond acceptors (Lipinski definition) is 7. The Labute approximate surface area is 173 Å². The summed E-state index contributed by atoms with van der Waals surface area (Å²) in [5, 5.41) is 4.93. The van der Waals surface area contributed by atoms with Gasteiger partial charge >= 0.3 is 18.0 Å². The van der Waals surface area contributed by atoms with E-state index in [-0.39, 0.29) is 49.9 Å². The molecule has 160 valence electrons. The minimum Gasteiger partial charge on any atom is -0.479 e. The number of nitrogens with one attached hydrogen (secondary N) is 2. The maximum Gasteiger partial charge on any atom is 0.337 e. The van der Waals surface area contributed by atoms with Crippen LogP contribution < -0.4 is 20.3 Å². The van der Waals surface area contributed by atoms with Gasteiger partial charge in [-0.1, -0.05) is 12.1 Å². The lowest BCUT2D eigenvalue weighted by atomic mass is 10.1. The topological polar surface area (TPSA) is 123 Å². The van der Waals surface area contributed by atoms with Crippen molar-refractivity contribution in [3.8, 4) is 5.75 Å². The van der Waals surface area contributed by atoms with Crippen LogP contribution in [0.3, 0.4) is 0 Å². The van der Waals surface area contributed by atoms with Gasteiger partial charge in [0, 0.05) is 6.54 Å². The summed E-state index contributed by atoms with van der Waals surface area (Å²) < 4.78 is 15.7. The number of benzene rings is 1. The van der Waals surface area contributed by atoms with Crippen molar-refractivity contribution in [2.45, 2.75) is 26.4 Å². The van der Waals surface area contributed by atoms with Gasteiger partial charge in [-0.15, -0.1) is 0 Å². The molecule has 0 aliphatic carbocycles. The summed E-state index contributed by atoms with van der Waals surface area (Å²) in [6, 6.07) is 6.58. The maximum absolute atomic E-state index is 12.5. The summed E-state index contributed by atoms with van der Waals surface area (Å²) in [5.74, 6) is -0.859. The molecule has 0 radical (unpaired) electrons. The molecule has 0 bridgehead atoms. The summed E-state index contributed by atoms with van der Waals surface area (Å²) in [6.45, 7) is 3.29. The standard InChI is InChI=1S/C20H23N3O7/c1-3-28-19(26)13-10-21-20(27)22-14(13)11-29-17(24)8-9-23-15-6-4-5-7-16(15)30-12(2)18(23)25/h4-7,12H,3,8-11H2,1-2H3,(H2,21,22,27). The Bertz CT molecular complexity index is 896. The molecule has 2 N–H and O–H groups in total. The SMILES string of the molecule is CCOC(=O)C1=C(COC(=O)CCN2C(=O)C(C)Oc3ccccc32)NC(=O)NC1. The van der Waals surface area contributed by atoms with Gasteiger partial charge in [-0.2, -0.15) is 0 Å². The lowest BCUT2D eigenvalue weighted by Gasteiger charge is -2.32. The predicted molar refractivity (Wildman–Crippen MR) is 105 cm³/mol. The molecule has 2 aliphatic heterocycles. The van der Waals surface area contributed by atoms with E-state index < -0.39 is 24.1 Å². The van der Waals surface area contributed by atoms with E-state index in [1.165, 1.54) is 4.90 Å². The summed E-state index contributed by atoms with van der Waals surface area (Å²) in [4.78, 5) is 49.8. The minimum atomic E-state index is -0.654. The molecule has 10 nitrogen and oxygen atoms in total. The highest BCUT2D eigenvalue weighted by molar-refractivity contribution is 6.00. The second kappa shape index (κ2) is 9.29. The van der Waals surface area contributed by atoms with Crippen LogP contribution >= 0.6 is 0 Å². The molecule has 0 aromatic heterocycles. The first-order valence-electron chi connectivity index (χ1n) is 9.57. The monoisotopic (exact) mass is 417 g/mol. The molecule has 0 saturated carbocycles. The fraction of sp³-hybridized carbons (Fsp3) is 0.400. The van der Waals surface area contributed by atoms with Crippen LogP contribution in [0.5, 0.6) is 5.75 Å². The maximum atomic E-state index is 12.5. The summed E-state index contributed by atoms with van der Waals surface area (Å²) in [5.41, 5.74) is 0.952. The highest BCUT2D eigenvalue weighted by Crippen LogP contribution is 2.33. The van der Waals surface area contributed by atoms with E-state index in [2.05, 4.69) is 10.6 Å². The first-order chi connectivity index (χ1) is 14.4. The predicted octanol–water partition coefficient (Wildman–Crippen LogP) is 0.864. The van der Waals surface area contributed by atoms with Crippen LogP contribution in [0.1, 0.15) is 20.3 Å². The van der Waals surface area contributed by atoms with Gasteiger partial charge in [-0.3, -0.25) is 9.59 Å². The van der Waals surface area contributed by atoms with Gasteiger partial charge < -0.3 is 29.7 Å². The van der Waals surface area contributed by atoms with E-state index in [0.717, 1.165) is 0 Å². The van der Waals surface area contributed by atoms with E-state index in [4.69, 9.17) is 14.2 Å². The molecule has 1 aromatic carbocycles. The Morgan fingerprint density at radius 1 is 1.23 bits per heavy atom. The van der Waals surface area contributed by atoms with Crippen molar-refractivity contribution < 1.29 is 33.4 Å². The van der Waals surface area contributed by atoms with E-state index in [1.54, 1.807) is 38.1 Å². The minimum absolute atomic E-state index is 0.0193. The molecule has 1 aromatic rings. The largest absolute Gasteiger partial charge is 0.479 e. The Hall–Kier alpha value is -3.56. The van der Waals surface area contributed by atoms with Gasteiger partial charge in [-0.25, -0.2) is 9.59 Å². The zero-order chi connectivity index (χ0) is 21.7. The molecule has 3 amide bonds. The van der Waals surface area contributed by atoms with Crippen LogP contribution in [0.2, 0.25) is 0 Å². The number of para-hydroxylation sites is 2. The summed E-state index contributed by atoms with van der Waals surface area (Å²) in [6.07, 6.45) is -0.723. The van der Waals surface area contributed by atoms with Gasteiger partial charge in [0.2, 0.25) is 0 Å². The number of rotatable bonds is 7. The number of carbonyl (C=O) groups is 4. The van der Waals surface area contributed by atoms with E-state index in [9.17, 15) is 19.2 Å². The zero-order valence-corrected chi connectivity index (χ0v) is 16.7. The quantitative estimate of drug-likeness (QED) is 0.631. The number of hydrogen-bond donors (Lipinski definition) is 2. The average molecular weight is 417 g/mol. The normalized spacial score (nSPS) is 18.1. The van der Waals surface area contributed by atoms with E-state index >= 15 is 0 Å². The number of esters is 2. The first kappa shape index (κ1) is 21.2. The highest BCUT2D eigenvalue weighted by Gasteiger charge is 2.31. The summed E-state index contributed by atoms with van der Waals surface area (Å²) >= 11 is 0. The lowest BCUT2D eigenvalue weighted by Crippen LogP contribution is -2.46. The Morgan fingerprint density at radius 2 is 2.00 bits per heavy atom. The van der Waals surface area contributed by atoms with Crippen molar-refractivity contribution in [1.29, 1.82) is 0 Å². The number of amides is 3. The molecule has 2 heterocycles. The van der Waals surface area contributed by atoms with Crippen molar-refractivity contribution in [3.63, 3.8) is 0 Å². The van der Waals surface area contributed by atoms with Crippen LogP contribution in [0, 0.1) is 0 Å². The van der Waals surface area contributed by atoms with Crippen molar-refractivity contribution in [2.24, 2.45) is 0 Å². The molecule has 30 heavy (non-hydrogen) atoms. The molecule has 0 fully saturated rings. The number of ether oxygens (including phenoxy) is 3. The molecule has 10 heteroatoms. The van der Waals surface area contributed by atoms with Gasteiger partial charge in [-0.05, 0) is 26.0 Å². The summed E-state index contributed by atoms with van der Waals surface area (Å²) in [7, 11) is 0. The fourth-order valence-electron chi connectivity index (χ4n) is 3.09. The van der Waals surface area contributed by atoms with Crippen LogP contribution in [0.4, 0.5) is 10.5 Å². The molecule has 0 spiro atoms. The smallest absolute Gasteiger partial charge is 0.337 e. The van der Waals surface area contributed by atoms with Gasteiger partial charge in [0.1, 0.15) is 12.4 Å². The highest BCUT2D eigenvalue weighted by atomic mass is 16.5. The van der Waals surface area contributed by atoms with Crippen LogP contribution in [0.25, 0.3) is 0 Å². The molecule has 3 rings (SSSR count). The molecular formula is C20H23N3O7. The number of carbonyl (C=O) groups excluding carboxylic acids is 4. The Balaban J connectivity index is 1.61. The fourth-order valence-corrected chi connectivity index (χ4v) is 3.09. The third-order valence-corrected chi connectivity index (χ3v) is 4.57. The van der Waals surface area contributed by atoms with Gasteiger partial charge in [0.25, 0.3) is 5.91 Å². The zero-order valence-electron chi connectivity index (χ0n) is 16.7. The van der Waals surface area contributed by atoms with Crippen LogP contribution in [-0.4, -0.2) is 56.3 Å². The second-order valence-corrected chi connectivity index (χ2v) is 6.61. The van der Waals surface area contributed by atoms with Crippen molar-refractivity contribution >= 4 is 29.6 Å². The van der Waals surface area contributed by atoms with Crippen LogP contribution in [0.15, 0.2) is 35.5 Å². The second-order valence-electron chi connectivity index (χ2n) is 6.61. The van der Waals surface area contributed by atoms with Crippen LogP contribution in [-0.2, 0) is 23.9 Å². The number of anilines is 1. The molecule has 1 atom stereocenters. The molecule has 2 aliphatic rings. The number of fused-ring (bicyclic) bond motifs is 1. The first-order valence-corrected chi connectivity index (χ1v) is 9.57. The average Bonchev–Trinajstić information content (AvgIpc) is 2.72. The van der Waals surface area contributed by atoms with Gasteiger partial charge in [0.05, 0.1) is 36.5 Å². The Morgan fingerprint density at radius 3 is 2.77 bits per heavy atom. The third-order valence-electron chi connectivity index (χ3n) is 4.57. The van der Waals surface area contributed by atoms with E-state index in [1.807, 2.05) is 0 Å². The third kappa shape index (κ3) is 4.70. The number of urea groups is 1. The molecular weight excluding hydrogens is 394 g/mol. The Kier molecular flexibility index (Phi) is 6.55.